The molecule has 1 aromatic heterocycles. The number of carbonyl (C=O) groups is 1. The third-order valence-electron chi connectivity index (χ3n) is 3.78. The normalized spacial score (nSPS) is 14.7. The van der Waals surface area contributed by atoms with E-state index in [1.54, 1.807) is 28.4 Å². The van der Waals surface area contributed by atoms with E-state index in [4.69, 9.17) is 5.14 Å². The lowest BCUT2D eigenvalue weighted by atomic mass is 9.99. The van der Waals surface area contributed by atoms with E-state index in [0.717, 1.165) is 22.4 Å². The number of amides is 1. The maximum Gasteiger partial charge on any atom is 0.238 e. The van der Waals surface area contributed by atoms with Gasteiger partial charge in [-0.05, 0) is 41.1 Å². The van der Waals surface area contributed by atoms with Gasteiger partial charge in [-0.25, -0.2) is 13.6 Å². The quantitative estimate of drug-likeness (QED) is 0.923. The molecule has 1 aromatic carbocycles. The summed E-state index contributed by atoms with van der Waals surface area (Å²) in [6.07, 6.45) is 1.12. The molecular weight excluding hydrogens is 320 g/mol. The Kier molecular flexibility index (Phi) is 4.03. The van der Waals surface area contributed by atoms with E-state index < -0.39 is 10.0 Å². The molecule has 0 radical (unpaired) electrons. The molecule has 0 atom stereocenters. The van der Waals surface area contributed by atoms with Crippen LogP contribution in [0.5, 0.6) is 0 Å². The summed E-state index contributed by atoms with van der Waals surface area (Å²) in [6, 6.07) is 8.76. The lowest BCUT2D eigenvalue weighted by Gasteiger charge is -2.29. The second-order valence-corrected chi connectivity index (χ2v) is 7.89. The zero-order chi connectivity index (χ0) is 15.7. The van der Waals surface area contributed by atoms with Gasteiger partial charge in [0.1, 0.15) is 0 Å². The van der Waals surface area contributed by atoms with Crippen molar-refractivity contribution in [3.05, 3.63) is 51.7 Å². The van der Waals surface area contributed by atoms with E-state index in [9.17, 15) is 13.2 Å². The highest BCUT2D eigenvalue weighted by molar-refractivity contribution is 7.89. The van der Waals surface area contributed by atoms with E-state index in [2.05, 4.69) is 0 Å². The van der Waals surface area contributed by atoms with Crippen LogP contribution in [0.3, 0.4) is 0 Å². The van der Waals surface area contributed by atoms with Gasteiger partial charge in [-0.15, -0.1) is 11.3 Å². The Hall–Kier alpha value is -1.70. The molecule has 116 valence electrons. The molecule has 0 spiro atoms. The highest BCUT2D eigenvalue weighted by atomic mass is 32.2. The van der Waals surface area contributed by atoms with Crippen molar-refractivity contribution in [1.29, 1.82) is 0 Å². The summed E-state index contributed by atoms with van der Waals surface area (Å²) in [5.41, 5.74) is 1.94. The topological polar surface area (TPSA) is 80.5 Å². The van der Waals surface area contributed by atoms with Gasteiger partial charge in [0, 0.05) is 18.0 Å². The van der Waals surface area contributed by atoms with Crippen molar-refractivity contribution in [1.82, 2.24) is 4.90 Å². The van der Waals surface area contributed by atoms with Crippen molar-refractivity contribution in [2.24, 2.45) is 5.14 Å². The second kappa shape index (κ2) is 5.83. The number of hydrogen-bond donors (Lipinski definition) is 1. The van der Waals surface area contributed by atoms with Crippen LogP contribution in [-0.2, 0) is 34.2 Å². The maximum absolute atomic E-state index is 12.3. The lowest BCUT2D eigenvalue weighted by molar-refractivity contribution is -0.131. The molecule has 3 rings (SSSR count). The first-order chi connectivity index (χ1) is 10.4. The van der Waals surface area contributed by atoms with Gasteiger partial charge in [-0.2, -0.15) is 0 Å². The smallest absolute Gasteiger partial charge is 0.238 e. The van der Waals surface area contributed by atoms with Crippen LogP contribution in [0.1, 0.15) is 16.0 Å². The Morgan fingerprint density at radius 2 is 2.09 bits per heavy atom. The summed E-state index contributed by atoms with van der Waals surface area (Å²) in [6.45, 7) is 1.09. The standard InChI is InChI=1S/C15H16N2O3S2/c16-22(19,20)14-4-3-11-5-6-17(10-12(11)8-14)15(18)9-13-2-1-7-21-13/h1-4,7-8H,5-6,9-10H2,(H2,16,19,20). The highest BCUT2D eigenvalue weighted by Gasteiger charge is 2.22. The molecule has 1 amide bonds. The number of fused-ring (bicyclic) bond motifs is 1. The molecule has 1 aliphatic heterocycles. The van der Waals surface area contributed by atoms with Gasteiger partial charge in [-0.3, -0.25) is 4.79 Å². The third kappa shape index (κ3) is 3.21. The van der Waals surface area contributed by atoms with E-state index in [-0.39, 0.29) is 10.8 Å². The molecule has 2 N–H and O–H groups in total. The molecule has 7 heteroatoms. The monoisotopic (exact) mass is 336 g/mol. The molecule has 0 aliphatic carbocycles. The van der Waals surface area contributed by atoms with Crippen LogP contribution in [0.25, 0.3) is 0 Å². The van der Waals surface area contributed by atoms with Gasteiger partial charge in [0.2, 0.25) is 15.9 Å². The number of nitrogens with two attached hydrogens (primary N) is 1. The van der Waals surface area contributed by atoms with Gasteiger partial charge in [-0.1, -0.05) is 12.1 Å². The average Bonchev–Trinajstić information content (AvgIpc) is 2.98. The number of benzene rings is 1. The Labute approximate surface area is 133 Å². The van der Waals surface area contributed by atoms with Crippen molar-refractivity contribution in [3.63, 3.8) is 0 Å². The second-order valence-electron chi connectivity index (χ2n) is 5.30. The maximum atomic E-state index is 12.3. The van der Waals surface area contributed by atoms with E-state index >= 15 is 0 Å². The van der Waals surface area contributed by atoms with Crippen LogP contribution < -0.4 is 5.14 Å². The minimum Gasteiger partial charge on any atom is -0.338 e. The SMILES string of the molecule is NS(=O)(=O)c1ccc2c(c1)CN(C(=O)Cc1cccs1)CC2. The molecule has 22 heavy (non-hydrogen) atoms. The van der Waals surface area contributed by atoms with Gasteiger partial charge in [0.15, 0.2) is 0 Å². The molecule has 2 aromatic rings. The number of carbonyl (C=O) groups excluding carboxylic acids is 1. The molecule has 0 saturated carbocycles. The molecule has 1 aliphatic rings. The summed E-state index contributed by atoms with van der Waals surface area (Å²) in [7, 11) is -3.72. The number of sulfonamides is 1. The van der Waals surface area contributed by atoms with Crippen molar-refractivity contribution in [3.8, 4) is 0 Å². The number of thiophene rings is 1. The van der Waals surface area contributed by atoms with E-state index in [1.807, 2.05) is 17.5 Å². The molecule has 0 bridgehead atoms. The molecule has 2 heterocycles. The Morgan fingerprint density at radius 1 is 1.27 bits per heavy atom. The summed E-state index contributed by atoms with van der Waals surface area (Å²) in [5, 5.41) is 7.12. The van der Waals surface area contributed by atoms with Crippen molar-refractivity contribution in [2.75, 3.05) is 6.54 Å². The summed E-state index contributed by atoms with van der Waals surface area (Å²) in [4.78, 5) is 15.3. The number of hydrogen-bond acceptors (Lipinski definition) is 4. The predicted octanol–water partition coefficient (Wildman–Crippen LogP) is 1.52. The molecule has 0 saturated heterocycles. The summed E-state index contributed by atoms with van der Waals surface area (Å²) in [5.74, 6) is 0.0640. The fourth-order valence-electron chi connectivity index (χ4n) is 2.60. The van der Waals surface area contributed by atoms with Crippen LogP contribution in [-0.4, -0.2) is 25.8 Å². The van der Waals surface area contributed by atoms with Gasteiger partial charge >= 0.3 is 0 Å². The van der Waals surface area contributed by atoms with Gasteiger partial charge in [0.25, 0.3) is 0 Å². The van der Waals surface area contributed by atoms with E-state index in [1.165, 1.54) is 6.07 Å². The lowest BCUT2D eigenvalue weighted by Crippen LogP contribution is -2.36. The highest BCUT2D eigenvalue weighted by Crippen LogP contribution is 2.23. The zero-order valence-corrected chi connectivity index (χ0v) is 13.5. The fourth-order valence-corrected chi connectivity index (χ4v) is 3.86. The zero-order valence-electron chi connectivity index (χ0n) is 11.9. The van der Waals surface area contributed by atoms with Crippen molar-refractivity contribution >= 4 is 27.3 Å². The summed E-state index contributed by atoms with van der Waals surface area (Å²) < 4.78 is 22.9. The van der Waals surface area contributed by atoms with Crippen LogP contribution in [0.2, 0.25) is 0 Å². The largest absolute Gasteiger partial charge is 0.338 e. The van der Waals surface area contributed by atoms with Crippen LogP contribution in [0.4, 0.5) is 0 Å². The fraction of sp³-hybridized carbons (Fsp3) is 0.267. The Balaban J connectivity index is 1.79. The van der Waals surface area contributed by atoms with Gasteiger partial charge < -0.3 is 4.90 Å². The Morgan fingerprint density at radius 3 is 2.77 bits per heavy atom. The summed E-state index contributed by atoms with van der Waals surface area (Å²) >= 11 is 1.56. The molecule has 5 nitrogen and oxygen atoms in total. The van der Waals surface area contributed by atoms with Crippen molar-refractivity contribution < 1.29 is 13.2 Å². The Bertz CT molecular complexity index is 798. The first-order valence-electron chi connectivity index (χ1n) is 6.88. The minimum atomic E-state index is -3.72. The van der Waals surface area contributed by atoms with Crippen LogP contribution in [0, 0.1) is 0 Å². The first-order valence-corrected chi connectivity index (χ1v) is 9.31. The molecule has 0 fully saturated rings. The molecular formula is C15H16N2O3S2. The average molecular weight is 336 g/mol. The number of nitrogens with zero attached hydrogens (tertiary/aromatic N) is 1. The number of rotatable bonds is 3. The predicted molar refractivity (Wildman–Crippen MR) is 85.0 cm³/mol. The van der Waals surface area contributed by atoms with Gasteiger partial charge in [0.05, 0.1) is 11.3 Å². The minimum absolute atomic E-state index is 0.0640. The van der Waals surface area contributed by atoms with E-state index in [0.29, 0.717) is 19.5 Å². The first kappa shape index (κ1) is 15.2. The number of primary sulfonamides is 1. The third-order valence-corrected chi connectivity index (χ3v) is 5.56. The van der Waals surface area contributed by atoms with Crippen LogP contribution in [0.15, 0.2) is 40.6 Å². The molecule has 0 unspecified atom stereocenters. The van der Waals surface area contributed by atoms with Crippen LogP contribution >= 0.6 is 11.3 Å². The van der Waals surface area contributed by atoms with Crippen molar-refractivity contribution in [2.45, 2.75) is 24.3 Å².